The third-order valence-corrected chi connectivity index (χ3v) is 3.53. The lowest BCUT2D eigenvalue weighted by Crippen LogP contribution is -2.57. The minimum Gasteiger partial charge on any atom is -0.479 e. The second-order valence-electron chi connectivity index (χ2n) is 4.77. The van der Waals surface area contributed by atoms with Crippen LogP contribution in [0.4, 0.5) is 0 Å². The van der Waals surface area contributed by atoms with Gasteiger partial charge in [-0.25, -0.2) is 4.79 Å². The second kappa shape index (κ2) is 6.19. The number of hydrogen-bond donors (Lipinski definition) is 2. The first-order valence-electron chi connectivity index (χ1n) is 6.52. The Morgan fingerprint density at radius 3 is 2.55 bits per heavy atom. The molecular weight excluding hydrogens is 268 g/mol. The Kier molecular flexibility index (Phi) is 4.56. The van der Waals surface area contributed by atoms with Crippen molar-refractivity contribution >= 4 is 17.8 Å². The van der Waals surface area contributed by atoms with Gasteiger partial charge in [-0.05, 0) is 12.8 Å². The zero-order chi connectivity index (χ0) is 14.7. The average molecular weight is 286 g/mol. The van der Waals surface area contributed by atoms with Gasteiger partial charge in [0.15, 0.2) is 6.10 Å². The number of hydrogen-bond acceptors (Lipinski definition) is 5. The summed E-state index contributed by atoms with van der Waals surface area (Å²) in [5.41, 5.74) is 0. The van der Waals surface area contributed by atoms with Gasteiger partial charge in [0.2, 0.25) is 5.91 Å². The number of morpholine rings is 1. The summed E-state index contributed by atoms with van der Waals surface area (Å²) < 4.78 is 10.5. The molecule has 0 aliphatic carbocycles. The monoisotopic (exact) mass is 286 g/mol. The van der Waals surface area contributed by atoms with Crippen LogP contribution in [0.5, 0.6) is 0 Å². The maximum atomic E-state index is 12.4. The van der Waals surface area contributed by atoms with Crippen LogP contribution in [-0.2, 0) is 23.9 Å². The van der Waals surface area contributed by atoms with Gasteiger partial charge in [-0.1, -0.05) is 0 Å². The normalized spacial score (nSPS) is 30.1. The quantitative estimate of drug-likeness (QED) is 0.660. The van der Waals surface area contributed by atoms with Crippen LogP contribution in [0.15, 0.2) is 0 Å². The van der Waals surface area contributed by atoms with E-state index < -0.39 is 24.2 Å². The maximum absolute atomic E-state index is 12.4. The molecule has 20 heavy (non-hydrogen) atoms. The summed E-state index contributed by atoms with van der Waals surface area (Å²) in [6.07, 6.45) is -1.07. The summed E-state index contributed by atoms with van der Waals surface area (Å²) in [6.45, 7) is 0.795. The summed E-state index contributed by atoms with van der Waals surface area (Å²) >= 11 is 0. The van der Waals surface area contributed by atoms with Crippen LogP contribution < -0.4 is 5.32 Å². The lowest BCUT2D eigenvalue weighted by molar-refractivity contribution is -0.161. The van der Waals surface area contributed by atoms with Crippen molar-refractivity contribution in [3.8, 4) is 0 Å². The van der Waals surface area contributed by atoms with Crippen molar-refractivity contribution in [1.29, 1.82) is 0 Å². The van der Waals surface area contributed by atoms with Crippen LogP contribution in [0, 0.1) is 0 Å². The van der Waals surface area contributed by atoms with E-state index in [9.17, 15) is 14.4 Å². The van der Waals surface area contributed by atoms with Crippen LogP contribution in [-0.4, -0.2) is 72.8 Å². The molecule has 8 heteroatoms. The number of aliphatic carboxylic acids is 1. The van der Waals surface area contributed by atoms with Gasteiger partial charge in [0, 0.05) is 13.6 Å². The Hall–Kier alpha value is -1.67. The highest BCUT2D eigenvalue weighted by Gasteiger charge is 2.41. The van der Waals surface area contributed by atoms with E-state index in [0.717, 1.165) is 0 Å². The third kappa shape index (κ3) is 2.91. The van der Waals surface area contributed by atoms with Crippen molar-refractivity contribution in [2.45, 2.75) is 31.1 Å². The largest absolute Gasteiger partial charge is 0.479 e. The summed E-state index contributed by atoms with van der Waals surface area (Å²) in [6, 6.07) is -0.686. The van der Waals surface area contributed by atoms with Crippen molar-refractivity contribution < 1.29 is 29.0 Å². The first-order valence-corrected chi connectivity index (χ1v) is 6.52. The highest BCUT2D eigenvalue weighted by atomic mass is 16.5. The average Bonchev–Trinajstić information content (AvgIpc) is 2.95. The van der Waals surface area contributed by atoms with Gasteiger partial charge >= 0.3 is 5.97 Å². The topological polar surface area (TPSA) is 105 Å². The van der Waals surface area contributed by atoms with E-state index in [-0.39, 0.29) is 18.4 Å². The van der Waals surface area contributed by atoms with Crippen LogP contribution in [0.3, 0.4) is 0 Å². The van der Waals surface area contributed by atoms with Gasteiger partial charge in [-0.2, -0.15) is 0 Å². The molecule has 0 aromatic rings. The number of carbonyl (C=O) groups excluding carboxylic acids is 2. The Morgan fingerprint density at radius 1 is 1.25 bits per heavy atom. The molecule has 0 saturated carbocycles. The van der Waals surface area contributed by atoms with Crippen molar-refractivity contribution in [3.05, 3.63) is 0 Å². The molecule has 2 saturated heterocycles. The number of nitrogens with zero attached hydrogens (tertiary/aromatic N) is 1. The number of likely N-dealkylation sites (N-methyl/N-ethyl adjacent to an activating group) is 1. The Labute approximate surface area is 116 Å². The number of carboxylic acid groups (broad SMARTS) is 1. The molecule has 1 unspecified atom stereocenters. The SMILES string of the molecule is CNC(=O)C1COCCN1C(=O)[C@@H]1CC[C@H](C(=O)O)O1. The minimum absolute atomic E-state index is 0.139. The molecule has 112 valence electrons. The molecule has 0 radical (unpaired) electrons. The summed E-state index contributed by atoms with van der Waals surface area (Å²) in [7, 11) is 1.49. The molecule has 8 nitrogen and oxygen atoms in total. The fourth-order valence-electron chi connectivity index (χ4n) is 2.44. The number of ether oxygens (including phenoxy) is 2. The Bertz CT molecular complexity index is 413. The molecule has 0 spiro atoms. The smallest absolute Gasteiger partial charge is 0.332 e. The predicted molar refractivity (Wildman–Crippen MR) is 65.9 cm³/mol. The van der Waals surface area contributed by atoms with Gasteiger partial charge < -0.3 is 24.8 Å². The summed E-state index contributed by atoms with van der Waals surface area (Å²) in [4.78, 5) is 36.4. The van der Waals surface area contributed by atoms with Crippen molar-refractivity contribution in [1.82, 2.24) is 10.2 Å². The molecular formula is C12H18N2O6. The predicted octanol–water partition coefficient (Wildman–Crippen LogP) is -1.41. The van der Waals surface area contributed by atoms with Gasteiger partial charge in [0.1, 0.15) is 12.1 Å². The number of nitrogens with one attached hydrogen (secondary N) is 1. The number of amides is 2. The van der Waals surface area contributed by atoms with E-state index in [1.54, 1.807) is 0 Å². The molecule has 2 rings (SSSR count). The Morgan fingerprint density at radius 2 is 1.95 bits per heavy atom. The fourth-order valence-corrected chi connectivity index (χ4v) is 2.44. The number of carbonyl (C=O) groups is 3. The van der Waals surface area contributed by atoms with Gasteiger partial charge in [0.25, 0.3) is 5.91 Å². The molecule has 0 aromatic carbocycles. The highest BCUT2D eigenvalue weighted by Crippen LogP contribution is 2.23. The zero-order valence-electron chi connectivity index (χ0n) is 11.2. The first-order chi connectivity index (χ1) is 9.54. The van der Waals surface area contributed by atoms with Gasteiger partial charge in [0.05, 0.1) is 13.2 Å². The van der Waals surface area contributed by atoms with E-state index in [1.165, 1.54) is 11.9 Å². The van der Waals surface area contributed by atoms with Gasteiger partial charge in [-0.15, -0.1) is 0 Å². The van der Waals surface area contributed by atoms with Crippen LogP contribution in [0.1, 0.15) is 12.8 Å². The van der Waals surface area contributed by atoms with Crippen LogP contribution in [0.2, 0.25) is 0 Å². The molecule has 2 fully saturated rings. The minimum atomic E-state index is -1.06. The molecule has 2 heterocycles. The highest BCUT2D eigenvalue weighted by molar-refractivity contribution is 5.90. The lowest BCUT2D eigenvalue weighted by atomic mass is 10.1. The van der Waals surface area contributed by atoms with Crippen molar-refractivity contribution in [3.63, 3.8) is 0 Å². The number of carboxylic acids is 1. The molecule has 0 bridgehead atoms. The van der Waals surface area contributed by atoms with Crippen molar-refractivity contribution in [2.75, 3.05) is 26.8 Å². The van der Waals surface area contributed by atoms with E-state index in [0.29, 0.717) is 26.0 Å². The first kappa shape index (κ1) is 14.7. The molecule has 0 aromatic heterocycles. The third-order valence-electron chi connectivity index (χ3n) is 3.53. The van der Waals surface area contributed by atoms with E-state index >= 15 is 0 Å². The summed E-state index contributed by atoms with van der Waals surface area (Å²) in [5, 5.41) is 11.4. The molecule has 2 aliphatic rings. The van der Waals surface area contributed by atoms with E-state index in [4.69, 9.17) is 14.6 Å². The fraction of sp³-hybridized carbons (Fsp3) is 0.750. The molecule has 2 amide bonds. The molecule has 2 N–H and O–H groups in total. The molecule has 3 atom stereocenters. The number of rotatable bonds is 3. The van der Waals surface area contributed by atoms with Crippen LogP contribution in [0.25, 0.3) is 0 Å². The second-order valence-corrected chi connectivity index (χ2v) is 4.77. The summed E-state index contributed by atoms with van der Waals surface area (Å²) in [5.74, 6) is -1.71. The van der Waals surface area contributed by atoms with Gasteiger partial charge in [-0.3, -0.25) is 9.59 Å². The van der Waals surface area contributed by atoms with E-state index in [2.05, 4.69) is 5.32 Å². The van der Waals surface area contributed by atoms with Crippen molar-refractivity contribution in [2.24, 2.45) is 0 Å². The van der Waals surface area contributed by atoms with E-state index in [1.807, 2.05) is 0 Å². The maximum Gasteiger partial charge on any atom is 0.332 e. The molecule has 2 aliphatic heterocycles. The van der Waals surface area contributed by atoms with Crippen LogP contribution >= 0.6 is 0 Å². The standard InChI is InChI=1S/C12H18N2O6/c1-13-10(15)7-6-19-5-4-14(7)11(16)8-2-3-9(20-8)12(17)18/h7-9H,2-6H2,1H3,(H,13,15)(H,17,18)/t7?,8-,9+/m0/s1. The lowest BCUT2D eigenvalue weighted by Gasteiger charge is -2.35. The zero-order valence-corrected chi connectivity index (χ0v) is 11.2. The Balaban J connectivity index is 2.03.